The first-order valence-corrected chi connectivity index (χ1v) is 6.64. The molecule has 0 bridgehead atoms. The van der Waals surface area contributed by atoms with Crippen LogP contribution < -0.4 is 15.8 Å². The standard InChI is InChI=1S/C14H19N3O.HI/c15-14(16-10-5-1-2-6-10)17-12-9-18-13-8-4-3-7-11(12)13;/h3-4,7-8,10,12H,1-2,5-6,9H2,(H3,15,16,17);1H. The van der Waals surface area contributed by atoms with E-state index in [-0.39, 0.29) is 30.0 Å². The molecule has 1 aliphatic carbocycles. The number of aliphatic imine (C=N–C) groups is 1. The summed E-state index contributed by atoms with van der Waals surface area (Å²) in [6.07, 6.45) is 4.99. The molecule has 0 radical (unpaired) electrons. The van der Waals surface area contributed by atoms with Gasteiger partial charge in [-0.2, -0.15) is 0 Å². The van der Waals surface area contributed by atoms with Crippen LogP contribution in [0.4, 0.5) is 0 Å². The van der Waals surface area contributed by atoms with Gasteiger partial charge in [-0.25, -0.2) is 4.99 Å². The van der Waals surface area contributed by atoms with Gasteiger partial charge in [0.2, 0.25) is 0 Å². The van der Waals surface area contributed by atoms with Crippen molar-refractivity contribution in [2.75, 3.05) is 6.61 Å². The molecule has 19 heavy (non-hydrogen) atoms. The van der Waals surface area contributed by atoms with E-state index in [1.54, 1.807) is 0 Å². The summed E-state index contributed by atoms with van der Waals surface area (Å²) in [6.45, 7) is 0.590. The first-order chi connectivity index (χ1) is 8.83. The number of para-hydroxylation sites is 1. The van der Waals surface area contributed by atoms with E-state index in [9.17, 15) is 0 Å². The molecular weight excluding hydrogens is 353 g/mol. The highest BCUT2D eigenvalue weighted by molar-refractivity contribution is 14.0. The molecule has 0 saturated heterocycles. The van der Waals surface area contributed by atoms with Gasteiger partial charge in [-0.05, 0) is 18.9 Å². The molecule has 2 aliphatic rings. The van der Waals surface area contributed by atoms with Gasteiger partial charge in [0.05, 0.1) is 0 Å². The van der Waals surface area contributed by atoms with Crippen LogP contribution in [0.15, 0.2) is 29.3 Å². The van der Waals surface area contributed by atoms with Crippen LogP contribution in [0.5, 0.6) is 5.75 Å². The van der Waals surface area contributed by atoms with E-state index in [0.29, 0.717) is 18.6 Å². The predicted molar refractivity (Wildman–Crippen MR) is 87.1 cm³/mol. The molecule has 0 aromatic heterocycles. The van der Waals surface area contributed by atoms with Crippen molar-refractivity contribution in [1.82, 2.24) is 5.32 Å². The van der Waals surface area contributed by atoms with Crippen molar-refractivity contribution in [2.45, 2.75) is 37.8 Å². The van der Waals surface area contributed by atoms with Crippen molar-refractivity contribution >= 4 is 29.9 Å². The molecule has 1 aromatic rings. The molecule has 3 rings (SSSR count). The maximum Gasteiger partial charge on any atom is 0.189 e. The quantitative estimate of drug-likeness (QED) is 0.476. The van der Waals surface area contributed by atoms with Gasteiger partial charge in [-0.3, -0.25) is 0 Å². The Morgan fingerprint density at radius 3 is 2.79 bits per heavy atom. The Balaban J connectivity index is 0.00000133. The molecule has 1 heterocycles. The van der Waals surface area contributed by atoms with E-state index in [2.05, 4.69) is 16.4 Å². The zero-order valence-corrected chi connectivity index (χ0v) is 13.2. The van der Waals surface area contributed by atoms with Crippen molar-refractivity contribution in [3.05, 3.63) is 29.8 Å². The van der Waals surface area contributed by atoms with Gasteiger partial charge in [-0.1, -0.05) is 31.0 Å². The third kappa shape index (κ3) is 3.32. The molecule has 104 valence electrons. The molecule has 1 aromatic carbocycles. The van der Waals surface area contributed by atoms with Crippen molar-refractivity contribution < 1.29 is 4.74 Å². The fraction of sp³-hybridized carbons (Fsp3) is 0.500. The van der Waals surface area contributed by atoms with Crippen LogP contribution in [0.3, 0.4) is 0 Å². The average Bonchev–Trinajstić information content (AvgIpc) is 3.00. The normalized spacial score (nSPS) is 22.5. The lowest BCUT2D eigenvalue weighted by atomic mass is 10.1. The van der Waals surface area contributed by atoms with Crippen LogP contribution in [-0.4, -0.2) is 18.6 Å². The SMILES string of the molecule is I.NC(=NC1COc2ccccc21)NC1CCCC1. The molecule has 4 nitrogen and oxygen atoms in total. The summed E-state index contributed by atoms with van der Waals surface area (Å²) in [7, 11) is 0. The minimum Gasteiger partial charge on any atom is -0.491 e. The van der Waals surface area contributed by atoms with E-state index >= 15 is 0 Å². The Morgan fingerprint density at radius 2 is 2.00 bits per heavy atom. The van der Waals surface area contributed by atoms with E-state index in [1.807, 2.05) is 18.2 Å². The number of fused-ring (bicyclic) bond motifs is 1. The molecule has 1 saturated carbocycles. The number of rotatable bonds is 2. The van der Waals surface area contributed by atoms with Gasteiger partial charge in [0.1, 0.15) is 18.4 Å². The lowest BCUT2D eigenvalue weighted by Gasteiger charge is -2.13. The number of guanidine groups is 1. The number of nitrogens with zero attached hydrogens (tertiary/aromatic N) is 1. The van der Waals surface area contributed by atoms with Crippen molar-refractivity contribution in [2.24, 2.45) is 10.7 Å². The smallest absolute Gasteiger partial charge is 0.189 e. The van der Waals surface area contributed by atoms with Crippen molar-refractivity contribution in [1.29, 1.82) is 0 Å². The Kier molecular flexibility index (Phi) is 4.90. The summed E-state index contributed by atoms with van der Waals surface area (Å²) >= 11 is 0. The van der Waals surface area contributed by atoms with Crippen LogP contribution >= 0.6 is 24.0 Å². The molecule has 0 spiro atoms. The number of nitrogens with two attached hydrogens (primary N) is 1. The molecule has 0 amide bonds. The average molecular weight is 373 g/mol. The van der Waals surface area contributed by atoms with E-state index < -0.39 is 0 Å². The fourth-order valence-corrected chi connectivity index (χ4v) is 2.74. The largest absolute Gasteiger partial charge is 0.491 e. The highest BCUT2D eigenvalue weighted by atomic mass is 127. The third-order valence-corrected chi connectivity index (χ3v) is 3.68. The number of benzene rings is 1. The van der Waals surface area contributed by atoms with Gasteiger partial charge in [0.15, 0.2) is 5.96 Å². The Hall–Kier alpha value is -0.980. The molecule has 1 unspecified atom stereocenters. The van der Waals surface area contributed by atoms with Gasteiger partial charge in [0.25, 0.3) is 0 Å². The van der Waals surface area contributed by atoms with Crippen molar-refractivity contribution in [3.63, 3.8) is 0 Å². The monoisotopic (exact) mass is 373 g/mol. The maximum absolute atomic E-state index is 5.97. The Labute approximate surface area is 130 Å². The molecular formula is C14H20IN3O. The van der Waals surface area contributed by atoms with Gasteiger partial charge >= 0.3 is 0 Å². The summed E-state index contributed by atoms with van der Waals surface area (Å²) in [4.78, 5) is 4.54. The third-order valence-electron chi connectivity index (χ3n) is 3.68. The maximum atomic E-state index is 5.97. The fourth-order valence-electron chi connectivity index (χ4n) is 2.74. The second kappa shape index (κ2) is 6.45. The number of hydrogen-bond acceptors (Lipinski definition) is 2. The number of ether oxygens (including phenoxy) is 1. The van der Waals surface area contributed by atoms with Gasteiger partial charge in [-0.15, -0.1) is 24.0 Å². The molecule has 1 aliphatic heterocycles. The minimum atomic E-state index is 0. The summed E-state index contributed by atoms with van der Waals surface area (Å²) in [5, 5.41) is 3.31. The first-order valence-electron chi connectivity index (χ1n) is 6.64. The lowest BCUT2D eigenvalue weighted by molar-refractivity contribution is 0.333. The number of hydrogen-bond donors (Lipinski definition) is 2. The lowest BCUT2D eigenvalue weighted by Crippen LogP contribution is -2.38. The van der Waals surface area contributed by atoms with Crippen LogP contribution in [0.25, 0.3) is 0 Å². The highest BCUT2D eigenvalue weighted by Crippen LogP contribution is 2.34. The predicted octanol–water partition coefficient (Wildman–Crippen LogP) is 2.59. The van der Waals surface area contributed by atoms with E-state index in [0.717, 1.165) is 11.3 Å². The minimum absolute atomic E-state index is 0. The number of nitrogens with one attached hydrogen (secondary N) is 1. The number of halogens is 1. The zero-order chi connectivity index (χ0) is 12.4. The Bertz CT molecular complexity index is 458. The van der Waals surface area contributed by atoms with Gasteiger partial charge < -0.3 is 15.8 Å². The Morgan fingerprint density at radius 1 is 1.26 bits per heavy atom. The topological polar surface area (TPSA) is 59.6 Å². The summed E-state index contributed by atoms with van der Waals surface area (Å²) < 4.78 is 5.59. The zero-order valence-electron chi connectivity index (χ0n) is 10.8. The molecule has 3 N–H and O–H groups in total. The summed E-state index contributed by atoms with van der Waals surface area (Å²) in [5.41, 5.74) is 7.11. The second-order valence-electron chi connectivity index (χ2n) is 5.00. The van der Waals surface area contributed by atoms with Crippen LogP contribution in [-0.2, 0) is 0 Å². The summed E-state index contributed by atoms with van der Waals surface area (Å²) in [6, 6.07) is 8.56. The molecule has 5 heteroatoms. The first kappa shape index (κ1) is 14.4. The van der Waals surface area contributed by atoms with E-state index in [4.69, 9.17) is 10.5 Å². The van der Waals surface area contributed by atoms with E-state index in [1.165, 1.54) is 25.7 Å². The molecule has 1 atom stereocenters. The van der Waals surface area contributed by atoms with Crippen LogP contribution in [0.1, 0.15) is 37.3 Å². The summed E-state index contributed by atoms with van der Waals surface area (Å²) in [5.74, 6) is 1.48. The van der Waals surface area contributed by atoms with Crippen molar-refractivity contribution in [3.8, 4) is 5.75 Å². The van der Waals surface area contributed by atoms with Gasteiger partial charge in [0, 0.05) is 11.6 Å². The van der Waals surface area contributed by atoms with Crippen LogP contribution in [0.2, 0.25) is 0 Å². The second-order valence-corrected chi connectivity index (χ2v) is 5.00. The molecule has 1 fully saturated rings. The highest BCUT2D eigenvalue weighted by Gasteiger charge is 2.23. The van der Waals surface area contributed by atoms with Crippen LogP contribution in [0, 0.1) is 0 Å².